The molecule has 0 fully saturated rings. The van der Waals surface area contributed by atoms with Crippen LogP contribution in [0.2, 0.25) is 0 Å². The van der Waals surface area contributed by atoms with E-state index < -0.39 is 5.97 Å². The van der Waals surface area contributed by atoms with E-state index in [1.807, 2.05) is 0 Å². The first kappa shape index (κ1) is 9.45. The molecule has 2 nitrogen and oxygen atoms in total. The first-order chi connectivity index (χ1) is 6.09. The molecule has 13 heavy (non-hydrogen) atoms. The highest BCUT2D eigenvalue weighted by molar-refractivity contribution is 5.89. The van der Waals surface area contributed by atoms with Crippen LogP contribution in [-0.4, -0.2) is 11.1 Å². The minimum Gasteiger partial charge on any atom is -0.478 e. The Labute approximate surface area is 75.3 Å². The summed E-state index contributed by atoms with van der Waals surface area (Å²) in [5.41, 5.74) is 1.12. The van der Waals surface area contributed by atoms with Crippen LogP contribution in [0.3, 0.4) is 0 Å². The van der Waals surface area contributed by atoms with Crippen molar-refractivity contribution in [3.05, 3.63) is 41.7 Å². The molecule has 0 aliphatic carbocycles. The van der Waals surface area contributed by atoms with Crippen molar-refractivity contribution in [2.24, 2.45) is 0 Å². The Morgan fingerprint density at radius 1 is 1.54 bits per heavy atom. The van der Waals surface area contributed by atoms with Crippen LogP contribution in [0.25, 0.3) is 5.57 Å². The van der Waals surface area contributed by atoms with Gasteiger partial charge in [-0.25, -0.2) is 9.18 Å². The molecule has 0 saturated heterocycles. The van der Waals surface area contributed by atoms with E-state index in [1.54, 1.807) is 19.1 Å². The molecule has 0 atom stereocenters. The zero-order valence-electron chi connectivity index (χ0n) is 7.12. The van der Waals surface area contributed by atoms with E-state index in [-0.39, 0.29) is 5.82 Å². The molecule has 0 saturated carbocycles. The maximum atomic E-state index is 12.7. The summed E-state index contributed by atoms with van der Waals surface area (Å²) in [6.07, 6.45) is 1.05. The van der Waals surface area contributed by atoms with Crippen LogP contribution in [-0.2, 0) is 4.79 Å². The molecule has 0 heterocycles. The fourth-order valence-electron chi connectivity index (χ4n) is 1.00. The molecule has 0 radical (unpaired) electrons. The van der Waals surface area contributed by atoms with Crippen molar-refractivity contribution in [1.82, 2.24) is 0 Å². The average Bonchev–Trinajstić information content (AvgIpc) is 2.03. The smallest absolute Gasteiger partial charge is 0.328 e. The molecular formula is C10H9FO2. The highest BCUT2D eigenvalue weighted by Gasteiger charge is 1.99. The lowest BCUT2D eigenvalue weighted by atomic mass is 10.1. The van der Waals surface area contributed by atoms with E-state index in [0.717, 1.165) is 6.08 Å². The van der Waals surface area contributed by atoms with Gasteiger partial charge >= 0.3 is 5.97 Å². The third-order valence-electron chi connectivity index (χ3n) is 1.62. The molecule has 0 aliphatic rings. The summed E-state index contributed by atoms with van der Waals surface area (Å²) in [5.74, 6) is -1.39. The lowest BCUT2D eigenvalue weighted by Crippen LogP contribution is -1.90. The number of allylic oxidation sites excluding steroid dienone is 1. The van der Waals surface area contributed by atoms with Gasteiger partial charge in [-0.1, -0.05) is 12.1 Å². The first-order valence-corrected chi connectivity index (χ1v) is 3.77. The van der Waals surface area contributed by atoms with E-state index in [2.05, 4.69) is 0 Å². The third kappa shape index (κ3) is 2.71. The van der Waals surface area contributed by atoms with Crippen LogP contribution in [0, 0.1) is 5.82 Å². The van der Waals surface area contributed by atoms with Gasteiger partial charge in [0.1, 0.15) is 5.82 Å². The van der Waals surface area contributed by atoms with Crippen LogP contribution in [0.5, 0.6) is 0 Å². The van der Waals surface area contributed by atoms with Gasteiger partial charge in [0, 0.05) is 6.08 Å². The Hall–Kier alpha value is -1.64. The Kier molecular flexibility index (Phi) is 2.80. The van der Waals surface area contributed by atoms with Gasteiger partial charge in [0.05, 0.1) is 0 Å². The average molecular weight is 180 g/mol. The molecule has 0 aliphatic heterocycles. The van der Waals surface area contributed by atoms with Crippen molar-refractivity contribution in [2.45, 2.75) is 6.92 Å². The van der Waals surface area contributed by atoms with Gasteiger partial charge in [-0.15, -0.1) is 0 Å². The molecular weight excluding hydrogens is 171 g/mol. The SMILES string of the molecule is C/C(=C\C(=O)O)c1cccc(F)c1. The molecule has 1 aromatic carbocycles. The fourth-order valence-corrected chi connectivity index (χ4v) is 1.00. The highest BCUT2D eigenvalue weighted by atomic mass is 19.1. The molecule has 68 valence electrons. The fraction of sp³-hybridized carbons (Fsp3) is 0.100. The highest BCUT2D eigenvalue weighted by Crippen LogP contribution is 2.14. The molecule has 0 spiro atoms. The van der Waals surface area contributed by atoms with Crippen molar-refractivity contribution in [3.8, 4) is 0 Å². The van der Waals surface area contributed by atoms with Crippen molar-refractivity contribution in [3.63, 3.8) is 0 Å². The molecule has 1 N–H and O–H groups in total. The van der Waals surface area contributed by atoms with Crippen molar-refractivity contribution < 1.29 is 14.3 Å². The molecule has 0 aromatic heterocycles. The van der Waals surface area contributed by atoms with Gasteiger partial charge in [0.2, 0.25) is 0 Å². The quantitative estimate of drug-likeness (QED) is 0.709. The van der Waals surface area contributed by atoms with E-state index in [9.17, 15) is 9.18 Å². The van der Waals surface area contributed by atoms with Gasteiger partial charge in [0.15, 0.2) is 0 Å². The predicted octanol–water partition coefficient (Wildman–Crippen LogP) is 2.31. The summed E-state index contributed by atoms with van der Waals surface area (Å²) in [5, 5.41) is 8.44. The van der Waals surface area contributed by atoms with Crippen molar-refractivity contribution in [1.29, 1.82) is 0 Å². The number of rotatable bonds is 2. The van der Waals surface area contributed by atoms with E-state index >= 15 is 0 Å². The third-order valence-corrected chi connectivity index (χ3v) is 1.62. The van der Waals surface area contributed by atoms with E-state index in [4.69, 9.17) is 5.11 Å². The van der Waals surface area contributed by atoms with Gasteiger partial charge in [-0.2, -0.15) is 0 Å². The summed E-state index contributed by atoms with van der Waals surface area (Å²) in [4.78, 5) is 10.3. The number of aliphatic carboxylic acids is 1. The van der Waals surface area contributed by atoms with E-state index in [1.165, 1.54) is 12.1 Å². The Balaban J connectivity index is 3.02. The predicted molar refractivity (Wildman–Crippen MR) is 47.7 cm³/mol. The lowest BCUT2D eigenvalue weighted by Gasteiger charge is -1.99. The van der Waals surface area contributed by atoms with Crippen LogP contribution in [0.15, 0.2) is 30.3 Å². The molecule has 0 bridgehead atoms. The van der Waals surface area contributed by atoms with Crippen molar-refractivity contribution >= 4 is 11.5 Å². The standard InChI is InChI=1S/C10H9FO2/c1-7(5-10(12)13)8-3-2-4-9(11)6-8/h2-6H,1H3,(H,12,13)/b7-5+. The Morgan fingerprint density at radius 3 is 2.77 bits per heavy atom. The summed E-state index contributed by atoms with van der Waals surface area (Å²) in [6.45, 7) is 1.63. The zero-order chi connectivity index (χ0) is 9.84. The summed E-state index contributed by atoms with van der Waals surface area (Å²) >= 11 is 0. The van der Waals surface area contributed by atoms with Gasteiger partial charge in [-0.05, 0) is 30.2 Å². The van der Waals surface area contributed by atoms with Gasteiger partial charge < -0.3 is 5.11 Å². The molecule has 1 aromatic rings. The maximum absolute atomic E-state index is 12.7. The largest absolute Gasteiger partial charge is 0.478 e. The number of hydrogen-bond acceptors (Lipinski definition) is 1. The number of carbonyl (C=O) groups is 1. The molecule has 3 heteroatoms. The summed E-state index contributed by atoms with van der Waals surface area (Å²) < 4.78 is 12.7. The first-order valence-electron chi connectivity index (χ1n) is 3.77. The van der Waals surface area contributed by atoms with Gasteiger partial charge in [-0.3, -0.25) is 0 Å². The van der Waals surface area contributed by atoms with Crippen LogP contribution >= 0.6 is 0 Å². The second kappa shape index (κ2) is 3.85. The molecule has 1 rings (SSSR count). The Morgan fingerprint density at radius 2 is 2.23 bits per heavy atom. The number of carboxylic acid groups (broad SMARTS) is 1. The number of carboxylic acids is 1. The van der Waals surface area contributed by atoms with Crippen LogP contribution in [0.1, 0.15) is 12.5 Å². The number of benzene rings is 1. The minimum absolute atomic E-state index is 0.365. The number of hydrogen-bond donors (Lipinski definition) is 1. The van der Waals surface area contributed by atoms with Crippen LogP contribution in [0.4, 0.5) is 4.39 Å². The Bertz CT molecular complexity index is 356. The number of halogens is 1. The topological polar surface area (TPSA) is 37.3 Å². The normalized spacial score (nSPS) is 11.4. The second-order valence-electron chi connectivity index (χ2n) is 2.68. The van der Waals surface area contributed by atoms with Crippen molar-refractivity contribution in [2.75, 3.05) is 0 Å². The second-order valence-corrected chi connectivity index (χ2v) is 2.68. The molecule has 0 unspecified atom stereocenters. The minimum atomic E-state index is -1.03. The zero-order valence-corrected chi connectivity index (χ0v) is 7.12. The van der Waals surface area contributed by atoms with Gasteiger partial charge in [0.25, 0.3) is 0 Å². The summed E-state index contributed by atoms with van der Waals surface area (Å²) in [6, 6.07) is 5.83. The molecule has 0 amide bonds. The van der Waals surface area contributed by atoms with E-state index in [0.29, 0.717) is 11.1 Å². The summed E-state index contributed by atoms with van der Waals surface area (Å²) in [7, 11) is 0. The lowest BCUT2D eigenvalue weighted by molar-refractivity contribution is -0.131. The monoisotopic (exact) mass is 180 g/mol. The van der Waals surface area contributed by atoms with Crippen LogP contribution < -0.4 is 0 Å². The maximum Gasteiger partial charge on any atom is 0.328 e.